The monoisotopic (exact) mass is 188 g/mol. The van der Waals surface area contributed by atoms with Gasteiger partial charge in [0.15, 0.2) is 5.11 Å². The van der Waals surface area contributed by atoms with Crippen LogP contribution in [0.1, 0.15) is 6.92 Å². The van der Waals surface area contributed by atoms with Crippen LogP contribution < -0.4 is 11.3 Å². The molecule has 0 atom stereocenters. The summed E-state index contributed by atoms with van der Waals surface area (Å²) in [6, 6.07) is 0. The van der Waals surface area contributed by atoms with Crippen molar-refractivity contribution in [3.8, 4) is 0 Å². The Bertz CT molecular complexity index is 153. The number of hydrogen-bond donors (Lipinski definition) is 2. The highest BCUT2D eigenvalue weighted by atomic mass is 32.1. The Kier molecular flexibility index (Phi) is 3.71. The number of hydrazine groups is 1. The van der Waals surface area contributed by atoms with Gasteiger partial charge in [-0.05, 0) is 18.8 Å². The quantitative estimate of drug-likeness (QED) is 0.326. The first kappa shape index (κ1) is 9.70. The van der Waals surface area contributed by atoms with Crippen LogP contribution >= 0.6 is 12.2 Å². The summed E-state index contributed by atoms with van der Waals surface area (Å²) in [6.07, 6.45) is 0. The second kappa shape index (κ2) is 4.59. The Morgan fingerprint density at radius 2 is 2.00 bits per heavy atom. The van der Waals surface area contributed by atoms with E-state index in [1.807, 2.05) is 0 Å². The van der Waals surface area contributed by atoms with Crippen LogP contribution in [0.2, 0.25) is 0 Å². The lowest BCUT2D eigenvalue weighted by Gasteiger charge is -2.35. The van der Waals surface area contributed by atoms with Gasteiger partial charge in [-0.25, -0.2) is 5.84 Å². The summed E-state index contributed by atoms with van der Waals surface area (Å²) in [4.78, 5) is 4.50. The summed E-state index contributed by atoms with van der Waals surface area (Å²) in [5, 5.41) is 0.658. The number of nitrogens with one attached hydrogen (secondary N) is 1. The van der Waals surface area contributed by atoms with Crippen LogP contribution in [0, 0.1) is 0 Å². The zero-order chi connectivity index (χ0) is 8.97. The van der Waals surface area contributed by atoms with Gasteiger partial charge in [-0.1, -0.05) is 6.92 Å². The van der Waals surface area contributed by atoms with E-state index < -0.39 is 0 Å². The van der Waals surface area contributed by atoms with Crippen LogP contribution in [0.5, 0.6) is 0 Å². The average Bonchev–Trinajstić information content (AvgIpc) is 2.17. The summed E-state index contributed by atoms with van der Waals surface area (Å²) >= 11 is 5.02. The van der Waals surface area contributed by atoms with Crippen LogP contribution in [0.4, 0.5) is 0 Å². The highest BCUT2D eigenvalue weighted by molar-refractivity contribution is 7.80. The fourth-order valence-corrected chi connectivity index (χ4v) is 1.54. The number of thiocarbonyl (C=S) groups is 1. The molecule has 12 heavy (non-hydrogen) atoms. The second-order valence-electron chi connectivity index (χ2n) is 2.87. The van der Waals surface area contributed by atoms with Gasteiger partial charge in [0, 0.05) is 26.2 Å². The third-order valence-electron chi connectivity index (χ3n) is 2.23. The zero-order valence-electron chi connectivity index (χ0n) is 7.42. The van der Waals surface area contributed by atoms with Gasteiger partial charge in [0.2, 0.25) is 0 Å². The molecule has 0 aromatic heterocycles. The molecule has 0 spiro atoms. The third kappa shape index (κ3) is 2.30. The molecule has 4 nitrogen and oxygen atoms in total. The van der Waals surface area contributed by atoms with Gasteiger partial charge in [0.1, 0.15) is 0 Å². The van der Waals surface area contributed by atoms with Crippen molar-refractivity contribution in [2.45, 2.75) is 6.92 Å². The van der Waals surface area contributed by atoms with Crippen molar-refractivity contribution in [2.24, 2.45) is 5.84 Å². The van der Waals surface area contributed by atoms with E-state index in [2.05, 4.69) is 22.1 Å². The van der Waals surface area contributed by atoms with Gasteiger partial charge < -0.3 is 15.2 Å². The minimum atomic E-state index is 0.658. The molecule has 0 saturated carbocycles. The molecule has 70 valence electrons. The zero-order valence-corrected chi connectivity index (χ0v) is 8.23. The minimum absolute atomic E-state index is 0.658. The summed E-state index contributed by atoms with van der Waals surface area (Å²) in [6.45, 7) is 7.43. The van der Waals surface area contributed by atoms with Crippen molar-refractivity contribution in [2.75, 3.05) is 32.7 Å². The summed E-state index contributed by atoms with van der Waals surface area (Å²) in [5.74, 6) is 5.22. The summed E-state index contributed by atoms with van der Waals surface area (Å²) in [5.41, 5.74) is 2.51. The van der Waals surface area contributed by atoms with Gasteiger partial charge in [0.05, 0.1) is 0 Å². The number of piperazine rings is 1. The first-order valence-corrected chi connectivity index (χ1v) is 4.66. The normalized spacial score (nSPS) is 19.3. The van der Waals surface area contributed by atoms with Crippen LogP contribution in [0.3, 0.4) is 0 Å². The standard InChI is InChI=1S/C7H16N4S/c1-2-10-3-5-11(6-4-10)7(12)9-8/h2-6,8H2,1H3,(H,9,12). The number of nitrogens with zero attached hydrogens (tertiary/aromatic N) is 2. The molecule has 1 rings (SSSR count). The molecule has 1 saturated heterocycles. The lowest BCUT2D eigenvalue weighted by Crippen LogP contribution is -2.52. The van der Waals surface area contributed by atoms with E-state index in [-0.39, 0.29) is 0 Å². The molecule has 5 heteroatoms. The van der Waals surface area contributed by atoms with Crippen molar-refractivity contribution in [3.63, 3.8) is 0 Å². The molecule has 0 aliphatic carbocycles. The lowest BCUT2D eigenvalue weighted by molar-refractivity contribution is 0.189. The van der Waals surface area contributed by atoms with Gasteiger partial charge in [-0.3, -0.25) is 0 Å². The van der Waals surface area contributed by atoms with Gasteiger partial charge in [-0.15, -0.1) is 0 Å². The largest absolute Gasteiger partial charge is 0.346 e. The van der Waals surface area contributed by atoms with Crippen LogP contribution in [0.15, 0.2) is 0 Å². The molecule has 1 heterocycles. The molecule has 0 aromatic rings. The molecule has 0 unspecified atom stereocenters. The first-order chi connectivity index (χ1) is 5.77. The number of nitrogens with two attached hydrogens (primary N) is 1. The first-order valence-electron chi connectivity index (χ1n) is 4.25. The highest BCUT2D eigenvalue weighted by Gasteiger charge is 2.16. The van der Waals surface area contributed by atoms with Crippen LogP contribution in [-0.4, -0.2) is 47.6 Å². The fourth-order valence-electron chi connectivity index (χ4n) is 1.36. The topological polar surface area (TPSA) is 44.5 Å². The number of rotatable bonds is 1. The fraction of sp³-hybridized carbons (Fsp3) is 0.857. The minimum Gasteiger partial charge on any atom is -0.346 e. The Morgan fingerprint density at radius 1 is 1.42 bits per heavy atom. The summed E-state index contributed by atoms with van der Waals surface area (Å²) < 4.78 is 0. The van der Waals surface area contributed by atoms with E-state index in [9.17, 15) is 0 Å². The van der Waals surface area contributed by atoms with Crippen LogP contribution in [-0.2, 0) is 0 Å². The second-order valence-corrected chi connectivity index (χ2v) is 3.26. The Balaban J connectivity index is 2.30. The van der Waals surface area contributed by atoms with E-state index in [1.54, 1.807) is 0 Å². The molecule has 1 aliphatic rings. The molecular weight excluding hydrogens is 172 g/mol. The smallest absolute Gasteiger partial charge is 0.183 e. The maximum atomic E-state index is 5.22. The van der Waals surface area contributed by atoms with E-state index in [4.69, 9.17) is 18.1 Å². The predicted molar refractivity (Wildman–Crippen MR) is 53.6 cm³/mol. The van der Waals surface area contributed by atoms with Crippen LogP contribution in [0.25, 0.3) is 0 Å². The van der Waals surface area contributed by atoms with Gasteiger partial charge >= 0.3 is 0 Å². The Morgan fingerprint density at radius 3 is 2.42 bits per heavy atom. The highest BCUT2D eigenvalue weighted by Crippen LogP contribution is 2.00. The molecule has 0 aromatic carbocycles. The molecule has 0 radical (unpaired) electrons. The Labute approximate surface area is 78.7 Å². The molecular formula is C7H16N4S. The molecule has 0 bridgehead atoms. The number of likely N-dealkylation sites (N-methyl/N-ethyl adjacent to an activating group) is 1. The lowest BCUT2D eigenvalue weighted by atomic mass is 10.3. The van der Waals surface area contributed by atoms with E-state index >= 15 is 0 Å². The van der Waals surface area contributed by atoms with Crippen molar-refractivity contribution < 1.29 is 0 Å². The van der Waals surface area contributed by atoms with Crippen molar-refractivity contribution in [1.82, 2.24) is 15.2 Å². The summed E-state index contributed by atoms with van der Waals surface area (Å²) in [7, 11) is 0. The van der Waals surface area contributed by atoms with E-state index in [1.165, 1.54) is 0 Å². The maximum absolute atomic E-state index is 5.22. The van der Waals surface area contributed by atoms with Crippen molar-refractivity contribution >= 4 is 17.3 Å². The average molecular weight is 188 g/mol. The van der Waals surface area contributed by atoms with Crippen molar-refractivity contribution in [3.05, 3.63) is 0 Å². The molecule has 1 aliphatic heterocycles. The molecule has 0 amide bonds. The predicted octanol–water partition coefficient (Wildman–Crippen LogP) is -0.628. The maximum Gasteiger partial charge on any atom is 0.183 e. The number of hydrogen-bond acceptors (Lipinski definition) is 3. The SMILES string of the molecule is CCN1CCN(C(=S)NN)CC1. The van der Waals surface area contributed by atoms with E-state index in [0.717, 1.165) is 32.7 Å². The Hall–Kier alpha value is -0.390. The van der Waals surface area contributed by atoms with E-state index in [0.29, 0.717) is 5.11 Å². The van der Waals surface area contributed by atoms with Crippen molar-refractivity contribution in [1.29, 1.82) is 0 Å². The molecule has 3 N–H and O–H groups in total. The van der Waals surface area contributed by atoms with Gasteiger partial charge in [0.25, 0.3) is 0 Å². The van der Waals surface area contributed by atoms with Gasteiger partial charge in [-0.2, -0.15) is 0 Å². The molecule has 1 fully saturated rings. The third-order valence-corrected chi connectivity index (χ3v) is 2.61.